The van der Waals surface area contributed by atoms with E-state index in [0.29, 0.717) is 5.17 Å². The zero-order valence-electron chi connectivity index (χ0n) is 10.7. The van der Waals surface area contributed by atoms with Crippen LogP contribution in [0.3, 0.4) is 0 Å². The Morgan fingerprint density at radius 1 is 1.00 bits per heavy atom. The van der Waals surface area contributed by atoms with Crippen LogP contribution >= 0.6 is 23.4 Å². The Morgan fingerprint density at radius 2 is 1.70 bits per heavy atom. The highest BCUT2D eigenvalue weighted by atomic mass is 35.5. The van der Waals surface area contributed by atoms with Gasteiger partial charge >= 0.3 is 0 Å². The van der Waals surface area contributed by atoms with Gasteiger partial charge in [-0.15, -0.1) is 0 Å². The quantitative estimate of drug-likeness (QED) is 0.888. The van der Waals surface area contributed by atoms with Crippen LogP contribution in [0.15, 0.2) is 65.7 Å². The molecule has 4 heteroatoms. The van der Waals surface area contributed by atoms with Crippen molar-refractivity contribution < 1.29 is 0 Å². The van der Waals surface area contributed by atoms with Gasteiger partial charge in [0.05, 0.1) is 10.9 Å². The van der Waals surface area contributed by atoms with E-state index in [1.54, 1.807) is 11.8 Å². The Hall–Kier alpha value is -1.71. The average Bonchev–Trinajstić information content (AvgIpc) is 2.48. The molecule has 2 aromatic carbocycles. The highest BCUT2D eigenvalue weighted by Crippen LogP contribution is 2.37. The third-order valence-electron chi connectivity index (χ3n) is 3.06. The van der Waals surface area contributed by atoms with Crippen LogP contribution in [0.25, 0.3) is 5.70 Å². The summed E-state index contributed by atoms with van der Waals surface area (Å²) in [6.45, 7) is 0. The van der Waals surface area contributed by atoms with Gasteiger partial charge in [-0.25, -0.2) is 4.99 Å². The van der Waals surface area contributed by atoms with E-state index in [-0.39, 0.29) is 5.25 Å². The van der Waals surface area contributed by atoms with Crippen LogP contribution in [-0.2, 0) is 0 Å². The van der Waals surface area contributed by atoms with Gasteiger partial charge in [0.25, 0.3) is 0 Å². The second kappa shape index (κ2) is 5.73. The zero-order valence-corrected chi connectivity index (χ0v) is 12.2. The Morgan fingerprint density at radius 3 is 2.40 bits per heavy atom. The van der Waals surface area contributed by atoms with Gasteiger partial charge < -0.3 is 5.73 Å². The Bertz CT molecular complexity index is 663. The summed E-state index contributed by atoms with van der Waals surface area (Å²) in [4.78, 5) is 4.44. The molecule has 0 bridgehead atoms. The number of halogens is 1. The van der Waals surface area contributed by atoms with E-state index >= 15 is 0 Å². The summed E-state index contributed by atoms with van der Waals surface area (Å²) in [5.74, 6) is 0. The summed E-state index contributed by atoms with van der Waals surface area (Å²) in [6, 6.07) is 17.9. The minimum absolute atomic E-state index is 0.167. The number of rotatable bonds is 2. The van der Waals surface area contributed by atoms with Crippen molar-refractivity contribution in [3.8, 4) is 0 Å². The van der Waals surface area contributed by atoms with Crippen molar-refractivity contribution in [2.45, 2.75) is 5.25 Å². The van der Waals surface area contributed by atoms with Crippen LogP contribution in [0.2, 0.25) is 5.02 Å². The SMILES string of the molecule is NC1=NC(c2ccccc2)=CC(c2ccc(Cl)cc2)S1. The summed E-state index contributed by atoms with van der Waals surface area (Å²) in [6.07, 6.45) is 2.14. The van der Waals surface area contributed by atoms with Crippen LogP contribution in [0, 0.1) is 0 Å². The van der Waals surface area contributed by atoms with Crippen LogP contribution in [-0.4, -0.2) is 5.17 Å². The normalized spacial score (nSPS) is 18.4. The number of benzene rings is 2. The molecule has 20 heavy (non-hydrogen) atoms. The predicted octanol–water partition coefficient (Wildman–Crippen LogP) is 4.48. The number of aliphatic imine (C=N–C) groups is 1. The minimum atomic E-state index is 0.167. The zero-order chi connectivity index (χ0) is 13.9. The summed E-state index contributed by atoms with van der Waals surface area (Å²) in [5, 5.41) is 1.50. The third-order valence-corrected chi connectivity index (χ3v) is 4.30. The number of thioether (sulfide) groups is 1. The number of hydrogen-bond donors (Lipinski definition) is 1. The van der Waals surface area contributed by atoms with Gasteiger partial charge in [0.1, 0.15) is 0 Å². The molecule has 0 fully saturated rings. The molecule has 1 unspecified atom stereocenters. The monoisotopic (exact) mass is 300 g/mol. The van der Waals surface area contributed by atoms with E-state index in [4.69, 9.17) is 17.3 Å². The van der Waals surface area contributed by atoms with E-state index in [1.807, 2.05) is 54.6 Å². The smallest absolute Gasteiger partial charge is 0.160 e. The van der Waals surface area contributed by atoms with E-state index < -0.39 is 0 Å². The topological polar surface area (TPSA) is 38.4 Å². The molecule has 0 aromatic heterocycles. The van der Waals surface area contributed by atoms with Crippen LogP contribution in [0.4, 0.5) is 0 Å². The van der Waals surface area contributed by atoms with E-state index in [0.717, 1.165) is 16.3 Å². The first kappa shape index (κ1) is 13.3. The molecule has 1 atom stereocenters. The lowest BCUT2D eigenvalue weighted by atomic mass is 10.1. The lowest BCUT2D eigenvalue weighted by Gasteiger charge is -2.19. The van der Waals surface area contributed by atoms with Gasteiger partial charge in [-0.2, -0.15) is 0 Å². The maximum Gasteiger partial charge on any atom is 0.160 e. The Kier molecular flexibility index (Phi) is 3.81. The van der Waals surface area contributed by atoms with E-state index in [1.165, 1.54) is 5.56 Å². The van der Waals surface area contributed by atoms with Gasteiger partial charge in [0.2, 0.25) is 0 Å². The van der Waals surface area contributed by atoms with Crippen molar-refractivity contribution >= 4 is 34.2 Å². The molecular weight excluding hydrogens is 288 g/mol. The van der Waals surface area contributed by atoms with Crippen LogP contribution in [0.1, 0.15) is 16.4 Å². The maximum absolute atomic E-state index is 5.97. The first-order chi connectivity index (χ1) is 9.72. The largest absolute Gasteiger partial charge is 0.378 e. The molecule has 1 aliphatic heterocycles. The molecule has 0 aliphatic carbocycles. The maximum atomic E-state index is 5.97. The standard InChI is InChI=1S/C16H13ClN2S/c17-13-8-6-12(7-9-13)15-10-14(19-16(18)20-15)11-4-2-1-3-5-11/h1-10,15H,(H2,18,19). The number of nitrogens with zero attached hydrogens (tertiary/aromatic N) is 1. The van der Waals surface area contributed by atoms with Crippen molar-refractivity contribution in [3.63, 3.8) is 0 Å². The molecule has 0 radical (unpaired) electrons. The van der Waals surface area contributed by atoms with Crippen LogP contribution < -0.4 is 5.73 Å². The summed E-state index contributed by atoms with van der Waals surface area (Å²) in [5.41, 5.74) is 9.13. The number of nitrogens with two attached hydrogens (primary N) is 1. The van der Waals surface area contributed by atoms with Gasteiger partial charge in [-0.1, -0.05) is 65.8 Å². The first-order valence-corrected chi connectivity index (χ1v) is 7.52. The number of amidine groups is 1. The third kappa shape index (κ3) is 2.89. The highest BCUT2D eigenvalue weighted by molar-refractivity contribution is 8.14. The summed E-state index contributed by atoms with van der Waals surface area (Å²) >= 11 is 7.49. The first-order valence-electron chi connectivity index (χ1n) is 6.26. The molecule has 100 valence electrons. The Balaban J connectivity index is 1.96. The molecule has 3 rings (SSSR count). The average molecular weight is 301 g/mol. The fourth-order valence-corrected chi connectivity index (χ4v) is 3.10. The lowest BCUT2D eigenvalue weighted by molar-refractivity contribution is 1.22. The molecule has 1 heterocycles. The van der Waals surface area contributed by atoms with Crippen molar-refractivity contribution in [3.05, 3.63) is 76.8 Å². The molecule has 2 N–H and O–H groups in total. The Labute approximate surface area is 127 Å². The second-order valence-electron chi connectivity index (χ2n) is 4.46. The highest BCUT2D eigenvalue weighted by Gasteiger charge is 2.18. The number of hydrogen-bond acceptors (Lipinski definition) is 3. The van der Waals surface area contributed by atoms with Crippen molar-refractivity contribution in [2.24, 2.45) is 10.7 Å². The molecule has 2 nitrogen and oxygen atoms in total. The molecule has 0 saturated carbocycles. The van der Waals surface area contributed by atoms with Gasteiger partial charge in [-0.05, 0) is 29.3 Å². The molecule has 0 saturated heterocycles. The molecule has 0 amide bonds. The molecule has 1 aliphatic rings. The van der Waals surface area contributed by atoms with Gasteiger partial charge in [0, 0.05) is 5.02 Å². The van der Waals surface area contributed by atoms with E-state index in [9.17, 15) is 0 Å². The molecular formula is C16H13ClN2S. The van der Waals surface area contributed by atoms with Crippen molar-refractivity contribution in [1.82, 2.24) is 0 Å². The molecule has 2 aromatic rings. The van der Waals surface area contributed by atoms with Crippen molar-refractivity contribution in [2.75, 3.05) is 0 Å². The van der Waals surface area contributed by atoms with Gasteiger partial charge in [0.15, 0.2) is 5.17 Å². The minimum Gasteiger partial charge on any atom is -0.378 e. The van der Waals surface area contributed by atoms with Crippen molar-refractivity contribution in [1.29, 1.82) is 0 Å². The van der Waals surface area contributed by atoms with Gasteiger partial charge in [-0.3, -0.25) is 0 Å². The molecule has 0 spiro atoms. The van der Waals surface area contributed by atoms with E-state index in [2.05, 4.69) is 11.1 Å². The second-order valence-corrected chi connectivity index (χ2v) is 6.06. The summed E-state index contributed by atoms with van der Waals surface area (Å²) < 4.78 is 0. The lowest BCUT2D eigenvalue weighted by Crippen LogP contribution is -2.12. The fourth-order valence-electron chi connectivity index (χ4n) is 2.08. The predicted molar refractivity (Wildman–Crippen MR) is 87.8 cm³/mol. The summed E-state index contributed by atoms with van der Waals surface area (Å²) in [7, 11) is 0. The van der Waals surface area contributed by atoms with Crippen LogP contribution in [0.5, 0.6) is 0 Å². The fraction of sp³-hybridized carbons (Fsp3) is 0.0625.